The first kappa shape index (κ1) is 17.2. The van der Waals surface area contributed by atoms with Crippen molar-refractivity contribution in [1.82, 2.24) is 20.5 Å². The van der Waals surface area contributed by atoms with Gasteiger partial charge in [0.15, 0.2) is 0 Å². The number of carbonyl (C=O) groups is 2. The summed E-state index contributed by atoms with van der Waals surface area (Å²) in [6.07, 6.45) is 6.66. The molecule has 1 saturated heterocycles. The maximum absolute atomic E-state index is 12.2. The molecule has 1 fully saturated rings. The molecule has 0 aromatic carbocycles. The standard InChI is InChI=1S/C18H22N4O3/c23-17(20-11-16-4-2-10-25-16)13-22-9-1-3-15(12-22)21-18(24)14-5-7-19-8-6-14/h2,4-8,10,15H,1,3,9,11-13H2,(H,20,23)(H,21,24). The fourth-order valence-corrected chi connectivity index (χ4v) is 2.95. The van der Waals surface area contributed by atoms with E-state index in [9.17, 15) is 9.59 Å². The second kappa shape index (κ2) is 8.43. The van der Waals surface area contributed by atoms with E-state index in [1.165, 1.54) is 0 Å². The number of likely N-dealkylation sites (tertiary alicyclic amines) is 1. The Balaban J connectivity index is 1.44. The summed E-state index contributed by atoms with van der Waals surface area (Å²) in [5.74, 6) is 0.587. The molecular weight excluding hydrogens is 320 g/mol. The lowest BCUT2D eigenvalue weighted by atomic mass is 10.1. The Labute approximate surface area is 146 Å². The van der Waals surface area contributed by atoms with Crippen LogP contribution < -0.4 is 10.6 Å². The van der Waals surface area contributed by atoms with Gasteiger partial charge in [-0.3, -0.25) is 19.5 Å². The molecule has 2 aromatic rings. The van der Waals surface area contributed by atoms with Crippen LogP contribution in [0.25, 0.3) is 0 Å². The van der Waals surface area contributed by atoms with Crippen molar-refractivity contribution in [2.24, 2.45) is 0 Å². The van der Waals surface area contributed by atoms with Crippen LogP contribution in [0.1, 0.15) is 29.0 Å². The Morgan fingerprint density at radius 2 is 2.12 bits per heavy atom. The summed E-state index contributed by atoms with van der Waals surface area (Å²) in [6.45, 7) is 2.24. The second-order valence-electron chi connectivity index (χ2n) is 6.14. The molecule has 25 heavy (non-hydrogen) atoms. The Morgan fingerprint density at radius 3 is 2.88 bits per heavy atom. The van der Waals surface area contributed by atoms with E-state index in [4.69, 9.17) is 4.42 Å². The van der Waals surface area contributed by atoms with Crippen molar-refractivity contribution in [3.63, 3.8) is 0 Å². The van der Waals surface area contributed by atoms with Crippen LogP contribution in [0, 0.1) is 0 Å². The molecule has 1 atom stereocenters. The maximum atomic E-state index is 12.2. The predicted octanol–water partition coefficient (Wildman–Crippen LogP) is 1.19. The molecule has 2 amide bonds. The van der Waals surface area contributed by atoms with Gasteiger partial charge in [0.1, 0.15) is 5.76 Å². The van der Waals surface area contributed by atoms with Gasteiger partial charge in [0.05, 0.1) is 19.4 Å². The Kier molecular flexibility index (Phi) is 5.79. The maximum Gasteiger partial charge on any atom is 0.251 e. The number of furan rings is 1. The highest BCUT2D eigenvalue weighted by molar-refractivity contribution is 5.94. The minimum atomic E-state index is -0.100. The number of carbonyl (C=O) groups excluding carboxylic acids is 2. The third-order valence-corrected chi connectivity index (χ3v) is 4.19. The van der Waals surface area contributed by atoms with Gasteiger partial charge < -0.3 is 15.1 Å². The van der Waals surface area contributed by atoms with Crippen LogP contribution in [-0.4, -0.2) is 47.4 Å². The quantitative estimate of drug-likeness (QED) is 0.823. The number of rotatable bonds is 6. The number of nitrogens with zero attached hydrogens (tertiary/aromatic N) is 2. The lowest BCUT2D eigenvalue weighted by Gasteiger charge is -2.32. The average Bonchev–Trinajstić information content (AvgIpc) is 3.15. The zero-order valence-electron chi connectivity index (χ0n) is 14.0. The molecule has 1 unspecified atom stereocenters. The molecule has 132 valence electrons. The largest absolute Gasteiger partial charge is 0.467 e. The molecule has 0 bridgehead atoms. The summed E-state index contributed by atoms with van der Waals surface area (Å²) in [7, 11) is 0. The van der Waals surface area contributed by atoms with Gasteiger partial charge >= 0.3 is 0 Å². The first-order valence-electron chi connectivity index (χ1n) is 8.43. The number of hydrogen-bond acceptors (Lipinski definition) is 5. The van der Waals surface area contributed by atoms with Crippen LogP contribution in [0.4, 0.5) is 0 Å². The highest BCUT2D eigenvalue weighted by Gasteiger charge is 2.23. The molecule has 2 N–H and O–H groups in total. The normalized spacial score (nSPS) is 17.8. The summed E-state index contributed by atoms with van der Waals surface area (Å²) in [6, 6.07) is 7.05. The minimum absolute atomic E-state index is 0.0440. The summed E-state index contributed by atoms with van der Waals surface area (Å²) >= 11 is 0. The van der Waals surface area contributed by atoms with Gasteiger partial charge in [-0.25, -0.2) is 0 Å². The fraction of sp³-hybridized carbons (Fsp3) is 0.389. The Bertz CT molecular complexity index is 688. The van der Waals surface area contributed by atoms with E-state index in [1.807, 2.05) is 6.07 Å². The van der Waals surface area contributed by atoms with E-state index in [-0.39, 0.29) is 17.9 Å². The van der Waals surface area contributed by atoms with E-state index < -0.39 is 0 Å². The zero-order chi connectivity index (χ0) is 17.5. The molecule has 1 aliphatic heterocycles. The smallest absolute Gasteiger partial charge is 0.251 e. The topological polar surface area (TPSA) is 87.5 Å². The molecule has 0 radical (unpaired) electrons. The van der Waals surface area contributed by atoms with Crippen LogP contribution in [0.2, 0.25) is 0 Å². The molecule has 3 rings (SSSR count). The van der Waals surface area contributed by atoms with Crippen LogP contribution >= 0.6 is 0 Å². The summed E-state index contributed by atoms with van der Waals surface area (Å²) in [4.78, 5) is 30.3. The summed E-state index contributed by atoms with van der Waals surface area (Å²) in [5, 5.41) is 5.88. The number of pyridine rings is 1. The zero-order valence-corrected chi connectivity index (χ0v) is 14.0. The average molecular weight is 342 g/mol. The number of hydrogen-bond donors (Lipinski definition) is 2. The van der Waals surface area contributed by atoms with E-state index in [0.29, 0.717) is 25.2 Å². The Hall–Kier alpha value is -2.67. The molecule has 0 aliphatic carbocycles. The van der Waals surface area contributed by atoms with Crippen molar-refractivity contribution >= 4 is 11.8 Å². The lowest BCUT2D eigenvalue weighted by molar-refractivity contribution is -0.122. The second-order valence-corrected chi connectivity index (χ2v) is 6.14. The minimum Gasteiger partial charge on any atom is -0.467 e. The number of nitrogens with one attached hydrogen (secondary N) is 2. The van der Waals surface area contributed by atoms with Crippen molar-refractivity contribution in [3.8, 4) is 0 Å². The van der Waals surface area contributed by atoms with E-state index in [0.717, 1.165) is 25.1 Å². The van der Waals surface area contributed by atoms with Crippen LogP contribution in [-0.2, 0) is 11.3 Å². The molecule has 1 aliphatic rings. The van der Waals surface area contributed by atoms with Crippen molar-refractivity contribution in [1.29, 1.82) is 0 Å². The number of piperidine rings is 1. The summed E-state index contributed by atoms with van der Waals surface area (Å²) < 4.78 is 5.20. The first-order chi connectivity index (χ1) is 12.2. The molecule has 0 spiro atoms. The highest BCUT2D eigenvalue weighted by atomic mass is 16.3. The van der Waals surface area contributed by atoms with Crippen LogP contribution in [0.3, 0.4) is 0 Å². The highest BCUT2D eigenvalue weighted by Crippen LogP contribution is 2.11. The van der Waals surface area contributed by atoms with Gasteiger partial charge in [0.25, 0.3) is 5.91 Å². The molecule has 2 aromatic heterocycles. The van der Waals surface area contributed by atoms with Gasteiger partial charge in [-0.15, -0.1) is 0 Å². The van der Waals surface area contributed by atoms with Crippen LogP contribution in [0.5, 0.6) is 0 Å². The molecule has 0 saturated carbocycles. The van der Waals surface area contributed by atoms with Gasteiger partial charge in [0.2, 0.25) is 5.91 Å². The van der Waals surface area contributed by atoms with Crippen LogP contribution in [0.15, 0.2) is 47.3 Å². The fourth-order valence-electron chi connectivity index (χ4n) is 2.95. The van der Waals surface area contributed by atoms with Crippen molar-refractivity contribution in [3.05, 3.63) is 54.2 Å². The van der Waals surface area contributed by atoms with E-state index in [1.54, 1.807) is 36.9 Å². The SMILES string of the molecule is O=C(CN1CCCC(NC(=O)c2ccncc2)C1)NCc1ccco1. The predicted molar refractivity (Wildman–Crippen MR) is 91.7 cm³/mol. The monoisotopic (exact) mass is 342 g/mol. The molecule has 7 nitrogen and oxygen atoms in total. The first-order valence-corrected chi connectivity index (χ1v) is 8.43. The molecule has 7 heteroatoms. The van der Waals surface area contributed by atoms with Crippen molar-refractivity contribution < 1.29 is 14.0 Å². The van der Waals surface area contributed by atoms with Gasteiger partial charge in [0, 0.05) is 30.5 Å². The van der Waals surface area contributed by atoms with Gasteiger partial charge in [-0.2, -0.15) is 0 Å². The van der Waals surface area contributed by atoms with E-state index >= 15 is 0 Å². The number of amides is 2. The Morgan fingerprint density at radius 1 is 1.28 bits per heavy atom. The number of aromatic nitrogens is 1. The van der Waals surface area contributed by atoms with E-state index in [2.05, 4.69) is 20.5 Å². The third-order valence-electron chi connectivity index (χ3n) is 4.19. The van der Waals surface area contributed by atoms with Gasteiger partial charge in [-0.1, -0.05) is 0 Å². The lowest BCUT2D eigenvalue weighted by Crippen LogP contribution is -2.50. The van der Waals surface area contributed by atoms with Crippen molar-refractivity contribution in [2.75, 3.05) is 19.6 Å². The molecule has 3 heterocycles. The van der Waals surface area contributed by atoms with Crippen molar-refractivity contribution in [2.45, 2.75) is 25.4 Å². The molecular formula is C18H22N4O3. The van der Waals surface area contributed by atoms with Gasteiger partial charge in [-0.05, 0) is 43.7 Å². The third kappa shape index (κ3) is 5.15. The summed E-state index contributed by atoms with van der Waals surface area (Å²) in [5.41, 5.74) is 0.600.